The van der Waals surface area contributed by atoms with Gasteiger partial charge in [0, 0.05) is 16.5 Å². The van der Waals surface area contributed by atoms with Gasteiger partial charge < -0.3 is 4.98 Å². The Morgan fingerprint density at radius 1 is 0.913 bits per heavy atom. The summed E-state index contributed by atoms with van der Waals surface area (Å²) in [5, 5.41) is 6.02. The van der Waals surface area contributed by atoms with Crippen LogP contribution in [-0.2, 0) is 12.8 Å². The van der Waals surface area contributed by atoms with Crippen molar-refractivity contribution >= 4 is 10.9 Å². The molecule has 0 unspecified atom stereocenters. The minimum Gasteiger partial charge on any atom is -0.353 e. The molecule has 1 N–H and O–H groups in total. The SMILES string of the molecule is c1ccc(-n2ncc3c2-c2[nH]c4ccccc4c2CCC3)cc1. The fourth-order valence-electron chi connectivity index (χ4n) is 3.71. The van der Waals surface area contributed by atoms with E-state index in [2.05, 4.69) is 63.3 Å². The molecule has 4 aromatic rings. The first-order chi connectivity index (χ1) is 11.4. The van der Waals surface area contributed by atoms with Crippen LogP contribution in [0.5, 0.6) is 0 Å². The maximum Gasteiger partial charge on any atom is 0.0938 e. The van der Waals surface area contributed by atoms with Crippen molar-refractivity contribution in [2.24, 2.45) is 0 Å². The molecule has 1 aliphatic carbocycles. The zero-order valence-electron chi connectivity index (χ0n) is 12.8. The van der Waals surface area contributed by atoms with Crippen LogP contribution in [0.3, 0.4) is 0 Å². The summed E-state index contributed by atoms with van der Waals surface area (Å²) in [5.41, 5.74) is 7.54. The molecule has 2 aromatic carbocycles. The molecular weight excluding hydrogens is 282 g/mol. The second kappa shape index (κ2) is 4.85. The molecule has 3 nitrogen and oxygen atoms in total. The van der Waals surface area contributed by atoms with Crippen LogP contribution in [0.4, 0.5) is 0 Å². The van der Waals surface area contributed by atoms with Crippen molar-refractivity contribution in [1.29, 1.82) is 0 Å². The van der Waals surface area contributed by atoms with Crippen molar-refractivity contribution in [2.75, 3.05) is 0 Å². The van der Waals surface area contributed by atoms with E-state index in [1.54, 1.807) is 0 Å². The molecule has 1 aliphatic rings. The molecule has 2 heterocycles. The lowest BCUT2D eigenvalue weighted by molar-refractivity contribution is 0.838. The van der Waals surface area contributed by atoms with E-state index in [1.165, 1.54) is 39.8 Å². The van der Waals surface area contributed by atoms with Gasteiger partial charge >= 0.3 is 0 Å². The lowest BCUT2D eigenvalue weighted by atomic mass is 10.1. The Kier molecular flexibility index (Phi) is 2.68. The molecule has 5 rings (SSSR count). The highest BCUT2D eigenvalue weighted by Gasteiger charge is 2.23. The van der Waals surface area contributed by atoms with E-state index in [-0.39, 0.29) is 0 Å². The number of rotatable bonds is 1. The molecule has 0 atom stereocenters. The number of H-pyrrole nitrogens is 1. The second-order valence-corrected chi connectivity index (χ2v) is 6.14. The summed E-state index contributed by atoms with van der Waals surface area (Å²) in [6.45, 7) is 0. The Bertz CT molecular complexity index is 992. The topological polar surface area (TPSA) is 33.6 Å². The first-order valence-electron chi connectivity index (χ1n) is 8.14. The summed E-state index contributed by atoms with van der Waals surface area (Å²) in [6.07, 6.45) is 5.40. The molecule has 0 aliphatic heterocycles. The van der Waals surface area contributed by atoms with E-state index in [0.29, 0.717) is 0 Å². The third-order valence-corrected chi connectivity index (χ3v) is 4.77. The second-order valence-electron chi connectivity index (χ2n) is 6.14. The van der Waals surface area contributed by atoms with E-state index < -0.39 is 0 Å². The van der Waals surface area contributed by atoms with Gasteiger partial charge in [0.1, 0.15) is 0 Å². The molecule has 0 amide bonds. The molecule has 3 heteroatoms. The quantitative estimate of drug-likeness (QED) is 0.551. The summed E-state index contributed by atoms with van der Waals surface area (Å²) >= 11 is 0. The molecular formula is C20H17N3. The van der Waals surface area contributed by atoms with Gasteiger partial charge in [-0.1, -0.05) is 36.4 Å². The summed E-state index contributed by atoms with van der Waals surface area (Å²) < 4.78 is 2.08. The van der Waals surface area contributed by atoms with Gasteiger partial charge in [-0.05, 0) is 43.0 Å². The number of nitrogens with zero attached hydrogens (tertiary/aromatic N) is 2. The van der Waals surface area contributed by atoms with Crippen molar-refractivity contribution in [3.63, 3.8) is 0 Å². The summed E-state index contributed by atoms with van der Waals surface area (Å²) in [5.74, 6) is 0. The van der Waals surface area contributed by atoms with E-state index >= 15 is 0 Å². The van der Waals surface area contributed by atoms with Gasteiger partial charge in [-0.15, -0.1) is 0 Å². The number of para-hydroxylation sites is 2. The Morgan fingerprint density at radius 2 is 1.74 bits per heavy atom. The van der Waals surface area contributed by atoms with Crippen LogP contribution in [-0.4, -0.2) is 14.8 Å². The average molecular weight is 299 g/mol. The summed E-state index contributed by atoms with van der Waals surface area (Å²) in [6, 6.07) is 19.0. The van der Waals surface area contributed by atoms with Crippen molar-refractivity contribution < 1.29 is 0 Å². The van der Waals surface area contributed by atoms with Gasteiger partial charge in [0.25, 0.3) is 0 Å². The van der Waals surface area contributed by atoms with E-state index in [9.17, 15) is 0 Å². The Labute approximate surface area is 134 Å². The Morgan fingerprint density at radius 3 is 2.65 bits per heavy atom. The summed E-state index contributed by atoms with van der Waals surface area (Å²) in [4.78, 5) is 3.65. The first-order valence-corrected chi connectivity index (χ1v) is 8.14. The van der Waals surface area contributed by atoms with Gasteiger partial charge in [-0.2, -0.15) is 5.10 Å². The largest absolute Gasteiger partial charge is 0.353 e. The molecule has 23 heavy (non-hydrogen) atoms. The number of aromatic amines is 1. The van der Waals surface area contributed by atoms with Crippen LogP contribution < -0.4 is 0 Å². The van der Waals surface area contributed by atoms with Crippen LogP contribution in [0.25, 0.3) is 28.0 Å². The third-order valence-electron chi connectivity index (χ3n) is 4.77. The van der Waals surface area contributed by atoms with Crippen LogP contribution in [0.2, 0.25) is 0 Å². The van der Waals surface area contributed by atoms with Crippen molar-refractivity contribution in [2.45, 2.75) is 19.3 Å². The van der Waals surface area contributed by atoms with Crippen molar-refractivity contribution in [3.8, 4) is 17.1 Å². The molecule has 112 valence electrons. The van der Waals surface area contributed by atoms with Gasteiger partial charge in [0.15, 0.2) is 0 Å². The zero-order valence-corrected chi connectivity index (χ0v) is 12.8. The number of fused-ring (bicyclic) bond motifs is 5. The molecule has 0 fully saturated rings. The fourth-order valence-corrected chi connectivity index (χ4v) is 3.71. The lowest BCUT2D eigenvalue weighted by Gasteiger charge is -2.08. The minimum atomic E-state index is 1.08. The van der Waals surface area contributed by atoms with Gasteiger partial charge in [-0.25, -0.2) is 4.68 Å². The molecule has 0 saturated carbocycles. The highest BCUT2D eigenvalue weighted by Crippen LogP contribution is 2.37. The van der Waals surface area contributed by atoms with Crippen LogP contribution in [0.15, 0.2) is 60.8 Å². The number of aryl methyl sites for hydroxylation is 2. The number of benzene rings is 2. The van der Waals surface area contributed by atoms with Crippen LogP contribution in [0, 0.1) is 0 Å². The highest BCUT2D eigenvalue weighted by atomic mass is 15.3. The van der Waals surface area contributed by atoms with Gasteiger partial charge in [0.05, 0.1) is 23.3 Å². The fraction of sp³-hybridized carbons (Fsp3) is 0.150. The molecule has 0 saturated heterocycles. The van der Waals surface area contributed by atoms with Crippen molar-refractivity contribution in [3.05, 3.63) is 71.9 Å². The predicted molar refractivity (Wildman–Crippen MR) is 92.9 cm³/mol. The molecule has 2 aromatic heterocycles. The van der Waals surface area contributed by atoms with Gasteiger partial charge in [-0.3, -0.25) is 0 Å². The lowest BCUT2D eigenvalue weighted by Crippen LogP contribution is -2.00. The molecule has 0 radical (unpaired) electrons. The minimum absolute atomic E-state index is 1.08. The first kappa shape index (κ1) is 12.7. The third kappa shape index (κ3) is 1.86. The van der Waals surface area contributed by atoms with E-state index in [4.69, 9.17) is 0 Å². The number of aromatic nitrogens is 3. The normalized spacial score (nSPS) is 13.6. The monoisotopic (exact) mass is 299 g/mol. The maximum atomic E-state index is 4.68. The standard InChI is InChI=1S/C20H17N3/c1-2-8-15(9-3-1)23-20-14(13-21-23)7-6-11-17-16-10-4-5-12-18(16)22-19(17)20/h1-5,8-10,12-13,22H,6-7,11H2. The molecule has 0 spiro atoms. The number of hydrogen-bond acceptors (Lipinski definition) is 1. The smallest absolute Gasteiger partial charge is 0.0938 e. The Hall–Kier alpha value is -2.81. The summed E-state index contributed by atoms with van der Waals surface area (Å²) in [7, 11) is 0. The van der Waals surface area contributed by atoms with E-state index in [1.807, 2.05) is 12.3 Å². The molecule has 0 bridgehead atoms. The zero-order chi connectivity index (χ0) is 15.2. The van der Waals surface area contributed by atoms with Crippen LogP contribution in [0.1, 0.15) is 17.5 Å². The number of hydrogen-bond donors (Lipinski definition) is 1. The maximum absolute atomic E-state index is 4.68. The highest BCUT2D eigenvalue weighted by molar-refractivity contribution is 5.91. The average Bonchev–Trinajstić information content (AvgIpc) is 3.13. The van der Waals surface area contributed by atoms with E-state index in [0.717, 1.165) is 18.5 Å². The van der Waals surface area contributed by atoms with Gasteiger partial charge in [0.2, 0.25) is 0 Å². The number of nitrogens with one attached hydrogen (secondary N) is 1. The Balaban J connectivity index is 1.83. The predicted octanol–water partition coefficient (Wildman–Crippen LogP) is 4.51. The van der Waals surface area contributed by atoms with Crippen molar-refractivity contribution in [1.82, 2.24) is 14.8 Å². The van der Waals surface area contributed by atoms with Crippen LogP contribution >= 0.6 is 0 Å².